The van der Waals surface area contributed by atoms with Gasteiger partial charge in [0.05, 0.1) is 18.1 Å². The van der Waals surface area contributed by atoms with Gasteiger partial charge in [0.2, 0.25) is 5.75 Å². The van der Waals surface area contributed by atoms with E-state index in [1.54, 1.807) is 6.07 Å². The van der Waals surface area contributed by atoms with Gasteiger partial charge in [0, 0.05) is 23.9 Å². The molecule has 0 atom stereocenters. The van der Waals surface area contributed by atoms with Crippen LogP contribution < -0.4 is 14.8 Å². The van der Waals surface area contributed by atoms with E-state index in [4.69, 9.17) is 9.47 Å². The van der Waals surface area contributed by atoms with Crippen molar-refractivity contribution >= 4 is 11.4 Å². The minimum absolute atomic E-state index is 0.0763. The number of nitro groups is 1. The number of hydrogen-bond donors (Lipinski definition) is 1. The molecule has 0 saturated heterocycles. The Balaban J connectivity index is 3.25. The van der Waals surface area contributed by atoms with E-state index in [-0.39, 0.29) is 17.5 Å². The van der Waals surface area contributed by atoms with Crippen molar-refractivity contribution in [2.75, 3.05) is 18.5 Å². The van der Waals surface area contributed by atoms with Crippen LogP contribution in [0.1, 0.15) is 34.1 Å². The summed E-state index contributed by atoms with van der Waals surface area (Å²) in [6.07, 6.45) is 0.773. The number of anilines is 1. The first kappa shape index (κ1) is 16.1. The van der Waals surface area contributed by atoms with Crippen LogP contribution in [0.3, 0.4) is 0 Å². The number of rotatable bonds is 8. The highest BCUT2D eigenvalue weighted by Crippen LogP contribution is 2.40. The van der Waals surface area contributed by atoms with Crippen molar-refractivity contribution in [1.29, 1.82) is 0 Å². The van der Waals surface area contributed by atoms with Gasteiger partial charge in [-0.15, -0.1) is 0 Å². The lowest BCUT2D eigenvalue weighted by molar-refractivity contribution is -0.385. The number of benzene rings is 1. The number of ether oxygens (including phenoxy) is 2. The molecule has 6 heteroatoms. The van der Waals surface area contributed by atoms with Crippen LogP contribution >= 0.6 is 0 Å². The Morgan fingerprint density at radius 2 is 2.00 bits per heavy atom. The van der Waals surface area contributed by atoms with E-state index in [0.717, 1.165) is 6.42 Å². The van der Waals surface area contributed by atoms with Crippen molar-refractivity contribution in [1.82, 2.24) is 0 Å². The summed E-state index contributed by atoms with van der Waals surface area (Å²) in [6, 6.07) is 3.39. The molecule has 0 aromatic heterocycles. The third-order valence-electron chi connectivity index (χ3n) is 2.44. The van der Waals surface area contributed by atoms with Crippen molar-refractivity contribution in [3.8, 4) is 11.5 Å². The average molecular weight is 282 g/mol. The maximum absolute atomic E-state index is 11.2. The van der Waals surface area contributed by atoms with Crippen LogP contribution in [0.4, 0.5) is 11.4 Å². The maximum atomic E-state index is 11.2. The van der Waals surface area contributed by atoms with E-state index in [0.29, 0.717) is 24.7 Å². The Bertz CT molecular complexity index is 461. The third kappa shape index (κ3) is 4.29. The Labute approximate surface area is 119 Å². The number of hydrogen-bond acceptors (Lipinski definition) is 5. The predicted octanol–water partition coefficient (Wildman–Crippen LogP) is 3.60. The summed E-state index contributed by atoms with van der Waals surface area (Å²) in [5.41, 5.74) is 0.576. The summed E-state index contributed by atoms with van der Waals surface area (Å²) in [5.74, 6) is 0.603. The van der Waals surface area contributed by atoms with Gasteiger partial charge in [0.25, 0.3) is 0 Å². The fourth-order valence-corrected chi connectivity index (χ4v) is 1.75. The SMILES string of the molecule is CCCOc1c(OCC)cc(NC(C)C)cc1[N+](=O)[O-]. The van der Waals surface area contributed by atoms with E-state index in [2.05, 4.69) is 5.32 Å². The van der Waals surface area contributed by atoms with Gasteiger partial charge in [-0.1, -0.05) is 6.92 Å². The molecule has 1 rings (SSSR count). The van der Waals surface area contributed by atoms with Crippen molar-refractivity contribution < 1.29 is 14.4 Å². The highest BCUT2D eigenvalue weighted by Gasteiger charge is 2.22. The molecule has 0 unspecified atom stereocenters. The first-order chi connectivity index (χ1) is 9.49. The quantitative estimate of drug-likeness (QED) is 0.582. The van der Waals surface area contributed by atoms with E-state index in [1.807, 2.05) is 27.7 Å². The fraction of sp³-hybridized carbons (Fsp3) is 0.571. The Kier molecular flexibility index (Phi) is 6.09. The first-order valence-corrected chi connectivity index (χ1v) is 6.84. The largest absolute Gasteiger partial charge is 0.490 e. The van der Waals surface area contributed by atoms with Gasteiger partial charge >= 0.3 is 5.69 Å². The molecular formula is C14H22N2O4. The summed E-state index contributed by atoms with van der Waals surface area (Å²) < 4.78 is 11.0. The monoisotopic (exact) mass is 282 g/mol. The van der Waals surface area contributed by atoms with Gasteiger partial charge in [-0.3, -0.25) is 10.1 Å². The molecule has 1 aromatic carbocycles. The molecule has 0 aliphatic heterocycles. The molecule has 0 saturated carbocycles. The Morgan fingerprint density at radius 1 is 1.30 bits per heavy atom. The van der Waals surface area contributed by atoms with E-state index in [1.165, 1.54) is 6.07 Å². The van der Waals surface area contributed by atoms with E-state index >= 15 is 0 Å². The Morgan fingerprint density at radius 3 is 2.50 bits per heavy atom. The fourth-order valence-electron chi connectivity index (χ4n) is 1.75. The third-order valence-corrected chi connectivity index (χ3v) is 2.44. The maximum Gasteiger partial charge on any atom is 0.316 e. The summed E-state index contributed by atoms with van der Waals surface area (Å²) in [7, 11) is 0. The van der Waals surface area contributed by atoms with Crippen LogP contribution in [0, 0.1) is 10.1 Å². The summed E-state index contributed by atoms with van der Waals surface area (Å²) in [6.45, 7) is 8.54. The second-order valence-electron chi connectivity index (χ2n) is 4.66. The second-order valence-corrected chi connectivity index (χ2v) is 4.66. The van der Waals surface area contributed by atoms with Crippen molar-refractivity contribution in [3.05, 3.63) is 22.2 Å². The summed E-state index contributed by atoms with van der Waals surface area (Å²) in [4.78, 5) is 10.8. The van der Waals surface area contributed by atoms with E-state index < -0.39 is 4.92 Å². The lowest BCUT2D eigenvalue weighted by Crippen LogP contribution is -2.11. The zero-order chi connectivity index (χ0) is 15.1. The molecule has 0 fully saturated rings. The molecule has 0 bridgehead atoms. The first-order valence-electron chi connectivity index (χ1n) is 6.84. The van der Waals surface area contributed by atoms with Crippen molar-refractivity contribution in [3.63, 3.8) is 0 Å². The molecule has 1 N–H and O–H groups in total. The minimum atomic E-state index is -0.445. The molecule has 0 aliphatic rings. The second kappa shape index (κ2) is 7.57. The zero-order valence-electron chi connectivity index (χ0n) is 12.4. The van der Waals surface area contributed by atoms with Gasteiger partial charge in [0.15, 0.2) is 5.75 Å². The van der Waals surface area contributed by atoms with Gasteiger partial charge in [-0.05, 0) is 27.2 Å². The molecule has 6 nitrogen and oxygen atoms in total. The molecule has 1 aromatic rings. The average Bonchev–Trinajstić information content (AvgIpc) is 2.36. The van der Waals surface area contributed by atoms with E-state index in [9.17, 15) is 10.1 Å². The van der Waals surface area contributed by atoms with Crippen molar-refractivity contribution in [2.45, 2.75) is 40.2 Å². The standard InChI is InChI=1S/C14H22N2O4/c1-5-7-20-14-12(16(17)18)8-11(15-10(3)4)9-13(14)19-6-2/h8-10,15H,5-7H2,1-4H3. The topological polar surface area (TPSA) is 73.6 Å². The summed E-state index contributed by atoms with van der Waals surface area (Å²) in [5, 5.41) is 14.4. The van der Waals surface area contributed by atoms with Gasteiger partial charge in [0.1, 0.15) is 0 Å². The van der Waals surface area contributed by atoms with Gasteiger partial charge in [-0.25, -0.2) is 0 Å². The highest BCUT2D eigenvalue weighted by atomic mass is 16.6. The van der Waals surface area contributed by atoms with Crippen LogP contribution in [-0.2, 0) is 0 Å². The summed E-state index contributed by atoms with van der Waals surface area (Å²) >= 11 is 0. The van der Waals surface area contributed by atoms with Crippen LogP contribution in [0.15, 0.2) is 12.1 Å². The molecule has 0 heterocycles. The van der Waals surface area contributed by atoms with Crippen LogP contribution in [0.2, 0.25) is 0 Å². The number of nitro benzene ring substituents is 1. The lowest BCUT2D eigenvalue weighted by Gasteiger charge is -2.15. The number of nitrogens with zero attached hydrogens (tertiary/aromatic N) is 1. The minimum Gasteiger partial charge on any atom is -0.490 e. The van der Waals surface area contributed by atoms with Crippen LogP contribution in [-0.4, -0.2) is 24.2 Å². The zero-order valence-corrected chi connectivity index (χ0v) is 12.4. The Hall–Kier alpha value is -1.98. The molecule has 0 radical (unpaired) electrons. The molecule has 0 aliphatic carbocycles. The smallest absolute Gasteiger partial charge is 0.316 e. The lowest BCUT2D eigenvalue weighted by atomic mass is 10.2. The van der Waals surface area contributed by atoms with Crippen molar-refractivity contribution in [2.24, 2.45) is 0 Å². The molecule has 0 spiro atoms. The van der Waals surface area contributed by atoms with Gasteiger partial charge < -0.3 is 14.8 Å². The van der Waals surface area contributed by atoms with Gasteiger partial charge in [-0.2, -0.15) is 0 Å². The molecule has 0 amide bonds. The molecule has 20 heavy (non-hydrogen) atoms. The normalized spacial score (nSPS) is 10.4. The molecular weight excluding hydrogens is 260 g/mol. The highest BCUT2D eigenvalue weighted by molar-refractivity contribution is 5.66. The van der Waals surface area contributed by atoms with Crippen LogP contribution in [0.25, 0.3) is 0 Å². The number of nitrogens with one attached hydrogen (secondary N) is 1. The molecule has 112 valence electrons. The van der Waals surface area contributed by atoms with Crippen LogP contribution in [0.5, 0.6) is 11.5 Å². The predicted molar refractivity (Wildman–Crippen MR) is 78.8 cm³/mol.